The minimum absolute atomic E-state index is 0.0118. The molecule has 5 heteroatoms. The Labute approximate surface area is 162 Å². The van der Waals surface area contributed by atoms with Gasteiger partial charge < -0.3 is 13.9 Å². The molecule has 3 aromatic rings. The second-order valence-electron chi connectivity index (χ2n) is 7.01. The van der Waals surface area contributed by atoms with Crippen LogP contribution in [0.15, 0.2) is 51.7 Å². The summed E-state index contributed by atoms with van der Waals surface area (Å²) in [7, 11) is 0. The highest BCUT2D eigenvalue weighted by molar-refractivity contribution is 5.82. The molecule has 0 atom stereocenters. The number of carbonyl (C=O) groups is 1. The summed E-state index contributed by atoms with van der Waals surface area (Å²) in [5, 5.41) is 0.823. The number of esters is 1. The molecule has 0 spiro atoms. The standard InChI is InChI=1S/C23H22O5/c1-2-15-6-8-19(9-7-15)26-14-23(25)27-13-18-12-22(24)28-21-11-17-5-3-4-16(17)10-20(18)21/h6-12H,2-5,13-14H2,1H3. The van der Waals surface area contributed by atoms with Crippen LogP contribution >= 0.6 is 0 Å². The molecule has 144 valence electrons. The summed E-state index contributed by atoms with van der Waals surface area (Å²) in [6.07, 6.45) is 4.08. The predicted molar refractivity (Wildman–Crippen MR) is 106 cm³/mol. The van der Waals surface area contributed by atoms with Crippen LogP contribution in [0.4, 0.5) is 0 Å². The molecule has 0 amide bonds. The molecule has 0 saturated heterocycles. The molecule has 1 aliphatic rings. The van der Waals surface area contributed by atoms with Crippen molar-refractivity contribution in [1.82, 2.24) is 0 Å². The van der Waals surface area contributed by atoms with E-state index in [-0.39, 0.29) is 13.2 Å². The molecule has 0 saturated carbocycles. The number of rotatable bonds is 6. The summed E-state index contributed by atoms with van der Waals surface area (Å²) in [5.74, 6) is 0.137. The van der Waals surface area contributed by atoms with Crippen LogP contribution in [-0.4, -0.2) is 12.6 Å². The van der Waals surface area contributed by atoms with Crippen LogP contribution in [0.3, 0.4) is 0 Å². The molecule has 0 fully saturated rings. The third kappa shape index (κ3) is 3.93. The Morgan fingerprint density at radius 2 is 1.82 bits per heavy atom. The summed E-state index contributed by atoms with van der Waals surface area (Å²) in [6, 6.07) is 13.0. The van der Waals surface area contributed by atoms with Crippen LogP contribution in [0, 0.1) is 0 Å². The van der Waals surface area contributed by atoms with E-state index in [9.17, 15) is 9.59 Å². The van der Waals surface area contributed by atoms with E-state index in [2.05, 4.69) is 13.0 Å². The summed E-state index contributed by atoms with van der Waals surface area (Å²) < 4.78 is 16.1. The Kier molecular flexibility index (Phi) is 5.15. The Balaban J connectivity index is 1.43. The average Bonchev–Trinajstić information content (AvgIpc) is 3.16. The lowest BCUT2D eigenvalue weighted by Gasteiger charge is -2.10. The maximum absolute atomic E-state index is 12.1. The van der Waals surface area contributed by atoms with Gasteiger partial charge in [0.2, 0.25) is 0 Å². The number of fused-ring (bicyclic) bond motifs is 2. The van der Waals surface area contributed by atoms with Crippen LogP contribution in [0.2, 0.25) is 0 Å². The minimum Gasteiger partial charge on any atom is -0.482 e. The fourth-order valence-electron chi connectivity index (χ4n) is 3.58. The molecule has 0 bridgehead atoms. The van der Waals surface area contributed by atoms with Gasteiger partial charge in [0.25, 0.3) is 0 Å². The van der Waals surface area contributed by atoms with E-state index in [4.69, 9.17) is 13.9 Å². The monoisotopic (exact) mass is 378 g/mol. The topological polar surface area (TPSA) is 65.7 Å². The predicted octanol–water partition coefficient (Wildman–Crippen LogP) is 3.97. The lowest BCUT2D eigenvalue weighted by molar-refractivity contribution is -0.147. The first kappa shape index (κ1) is 18.3. The number of benzene rings is 2. The van der Waals surface area contributed by atoms with Crippen molar-refractivity contribution in [3.8, 4) is 5.75 Å². The second-order valence-corrected chi connectivity index (χ2v) is 7.01. The first-order valence-corrected chi connectivity index (χ1v) is 9.58. The van der Waals surface area contributed by atoms with Crippen molar-refractivity contribution in [3.63, 3.8) is 0 Å². The van der Waals surface area contributed by atoms with E-state index in [1.165, 1.54) is 22.8 Å². The van der Waals surface area contributed by atoms with E-state index in [0.29, 0.717) is 16.9 Å². The van der Waals surface area contributed by atoms with Gasteiger partial charge in [-0.3, -0.25) is 0 Å². The molecule has 1 heterocycles. The van der Waals surface area contributed by atoms with Crippen molar-refractivity contribution < 1.29 is 18.7 Å². The molecule has 2 aromatic carbocycles. The number of hydrogen-bond donors (Lipinski definition) is 0. The normalized spacial score (nSPS) is 12.8. The third-order valence-corrected chi connectivity index (χ3v) is 5.12. The largest absolute Gasteiger partial charge is 0.482 e. The van der Waals surface area contributed by atoms with Gasteiger partial charge in [-0.1, -0.05) is 19.1 Å². The van der Waals surface area contributed by atoms with Gasteiger partial charge in [0.05, 0.1) is 0 Å². The SMILES string of the molecule is CCc1ccc(OCC(=O)OCc2cc(=O)oc3cc4c(cc23)CCC4)cc1. The lowest BCUT2D eigenvalue weighted by Crippen LogP contribution is -2.15. The smallest absolute Gasteiger partial charge is 0.344 e. The molecule has 28 heavy (non-hydrogen) atoms. The second kappa shape index (κ2) is 7.89. The van der Waals surface area contributed by atoms with Gasteiger partial charge in [-0.25, -0.2) is 9.59 Å². The first-order valence-electron chi connectivity index (χ1n) is 9.58. The van der Waals surface area contributed by atoms with Gasteiger partial charge >= 0.3 is 11.6 Å². The van der Waals surface area contributed by atoms with Crippen molar-refractivity contribution in [3.05, 3.63) is 75.1 Å². The highest BCUT2D eigenvalue weighted by atomic mass is 16.6. The van der Waals surface area contributed by atoms with Gasteiger partial charge in [0.15, 0.2) is 6.61 Å². The Morgan fingerprint density at radius 3 is 2.57 bits per heavy atom. The maximum atomic E-state index is 12.1. The van der Waals surface area contributed by atoms with E-state index in [1.807, 2.05) is 30.3 Å². The fourth-order valence-corrected chi connectivity index (χ4v) is 3.58. The Morgan fingerprint density at radius 1 is 1.07 bits per heavy atom. The van der Waals surface area contributed by atoms with Gasteiger partial charge in [0, 0.05) is 17.0 Å². The summed E-state index contributed by atoms with van der Waals surface area (Å²) in [5.41, 5.74) is 4.47. The number of aryl methyl sites for hydroxylation is 3. The zero-order valence-electron chi connectivity index (χ0n) is 15.8. The van der Waals surface area contributed by atoms with Crippen LogP contribution in [-0.2, 0) is 35.4 Å². The highest BCUT2D eigenvalue weighted by Crippen LogP contribution is 2.28. The van der Waals surface area contributed by atoms with Crippen LogP contribution in [0.1, 0.15) is 35.6 Å². The molecular formula is C23H22O5. The molecule has 1 aromatic heterocycles. The van der Waals surface area contributed by atoms with Crippen molar-refractivity contribution in [2.24, 2.45) is 0 Å². The lowest BCUT2D eigenvalue weighted by atomic mass is 10.0. The van der Waals surface area contributed by atoms with E-state index < -0.39 is 11.6 Å². The number of hydrogen-bond acceptors (Lipinski definition) is 5. The molecule has 0 radical (unpaired) electrons. The molecule has 1 aliphatic carbocycles. The van der Waals surface area contributed by atoms with E-state index in [1.54, 1.807) is 0 Å². The zero-order chi connectivity index (χ0) is 19.5. The Hall–Kier alpha value is -3.08. The molecular weight excluding hydrogens is 356 g/mol. The summed E-state index contributed by atoms with van der Waals surface area (Å²) in [6.45, 7) is 1.91. The van der Waals surface area contributed by atoms with Gasteiger partial charge in [-0.2, -0.15) is 0 Å². The summed E-state index contributed by atoms with van der Waals surface area (Å²) >= 11 is 0. The van der Waals surface area contributed by atoms with Crippen molar-refractivity contribution in [2.75, 3.05) is 6.61 Å². The van der Waals surface area contributed by atoms with Crippen molar-refractivity contribution in [2.45, 2.75) is 39.2 Å². The van der Waals surface area contributed by atoms with Crippen LogP contribution in [0.25, 0.3) is 11.0 Å². The average molecular weight is 378 g/mol. The number of carbonyl (C=O) groups excluding carboxylic acids is 1. The molecule has 0 aliphatic heterocycles. The van der Waals surface area contributed by atoms with E-state index >= 15 is 0 Å². The molecule has 0 N–H and O–H groups in total. The summed E-state index contributed by atoms with van der Waals surface area (Å²) in [4.78, 5) is 24.0. The first-order chi connectivity index (χ1) is 13.6. The fraction of sp³-hybridized carbons (Fsp3) is 0.304. The molecule has 4 rings (SSSR count). The highest BCUT2D eigenvalue weighted by Gasteiger charge is 2.16. The quantitative estimate of drug-likeness (QED) is 0.480. The van der Waals surface area contributed by atoms with Crippen molar-refractivity contribution >= 4 is 16.9 Å². The van der Waals surface area contributed by atoms with Crippen LogP contribution < -0.4 is 10.4 Å². The van der Waals surface area contributed by atoms with E-state index in [0.717, 1.165) is 31.1 Å². The number of ether oxygens (including phenoxy) is 2. The zero-order valence-corrected chi connectivity index (χ0v) is 15.8. The van der Waals surface area contributed by atoms with Gasteiger partial charge in [-0.05, 0) is 66.6 Å². The van der Waals surface area contributed by atoms with Crippen LogP contribution in [0.5, 0.6) is 5.75 Å². The Bertz CT molecular complexity index is 1060. The van der Waals surface area contributed by atoms with Crippen molar-refractivity contribution in [1.29, 1.82) is 0 Å². The molecule has 0 unspecified atom stereocenters. The molecule has 5 nitrogen and oxygen atoms in total. The third-order valence-electron chi connectivity index (χ3n) is 5.12. The van der Waals surface area contributed by atoms with Gasteiger partial charge in [0.1, 0.15) is 17.9 Å². The maximum Gasteiger partial charge on any atom is 0.344 e. The minimum atomic E-state index is -0.484. The van der Waals surface area contributed by atoms with Gasteiger partial charge in [-0.15, -0.1) is 0 Å².